The molecule has 3 heteroatoms. The third-order valence-electron chi connectivity index (χ3n) is 2.86. The average molecular weight is 218 g/mol. The monoisotopic (exact) mass is 218 g/mol. The molecule has 0 spiro atoms. The summed E-state index contributed by atoms with van der Waals surface area (Å²) >= 11 is 0. The van der Waals surface area contributed by atoms with Gasteiger partial charge in [-0.15, -0.1) is 0 Å². The number of nitrogens with two attached hydrogens (primary N) is 1. The Balaban J connectivity index is 2.09. The smallest absolute Gasteiger partial charge is 0.228 e. The maximum Gasteiger partial charge on any atom is 0.228 e. The first-order valence-electron chi connectivity index (χ1n) is 5.86. The van der Waals surface area contributed by atoms with Crippen LogP contribution in [-0.4, -0.2) is 19.0 Å². The molecule has 0 atom stereocenters. The van der Waals surface area contributed by atoms with Crippen LogP contribution in [0.3, 0.4) is 0 Å². The van der Waals surface area contributed by atoms with Crippen molar-refractivity contribution in [2.24, 2.45) is 11.7 Å². The van der Waals surface area contributed by atoms with E-state index in [0.29, 0.717) is 18.9 Å². The van der Waals surface area contributed by atoms with Crippen molar-refractivity contribution >= 4 is 11.6 Å². The van der Waals surface area contributed by atoms with Crippen LogP contribution >= 0.6 is 0 Å². The minimum Gasteiger partial charge on any atom is -0.330 e. The van der Waals surface area contributed by atoms with Crippen molar-refractivity contribution in [3.63, 3.8) is 0 Å². The Labute approximate surface area is 96.2 Å². The van der Waals surface area contributed by atoms with Gasteiger partial charge in [-0.2, -0.15) is 0 Å². The first-order chi connectivity index (χ1) is 7.81. The molecule has 2 rings (SSSR count). The summed E-state index contributed by atoms with van der Waals surface area (Å²) in [7, 11) is 0. The highest BCUT2D eigenvalue weighted by atomic mass is 16.2. The summed E-state index contributed by atoms with van der Waals surface area (Å²) in [5.74, 6) is 0.836. The molecule has 0 unspecified atom stereocenters. The SMILES string of the molecule is NCCC(=O)N(CC1CC1)c1ccccc1. The number of hydrogen-bond donors (Lipinski definition) is 1. The molecule has 1 saturated carbocycles. The highest BCUT2D eigenvalue weighted by Gasteiger charge is 2.27. The molecular weight excluding hydrogens is 200 g/mol. The second-order valence-corrected chi connectivity index (χ2v) is 4.32. The lowest BCUT2D eigenvalue weighted by Crippen LogP contribution is -2.34. The number of amides is 1. The molecule has 0 radical (unpaired) electrons. The van der Waals surface area contributed by atoms with Crippen LogP contribution in [0.15, 0.2) is 30.3 Å². The Hall–Kier alpha value is -1.35. The largest absolute Gasteiger partial charge is 0.330 e. The summed E-state index contributed by atoms with van der Waals surface area (Å²) in [5, 5.41) is 0. The summed E-state index contributed by atoms with van der Waals surface area (Å²) in [6.07, 6.45) is 2.93. The van der Waals surface area contributed by atoms with Crippen LogP contribution in [0.2, 0.25) is 0 Å². The lowest BCUT2D eigenvalue weighted by Gasteiger charge is -2.22. The lowest BCUT2D eigenvalue weighted by atomic mass is 10.2. The molecule has 1 aromatic rings. The van der Waals surface area contributed by atoms with Gasteiger partial charge in [0.05, 0.1) is 0 Å². The number of benzene rings is 1. The van der Waals surface area contributed by atoms with Gasteiger partial charge in [0, 0.05) is 25.2 Å². The minimum atomic E-state index is 0.139. The Morgan fingerprint density at radius 1 is 1.31 bits per heavy atom. The molecule has 0 aliphatic heterocycles. The predicted molar refractivity (Wildman–Crippen MR) is 65.2 cm³/mol. The number of anilines is 1. The summed E-state index contributed by atoms with van der Waals surface area (Å²) in [4.78, 5) is 13.8. The fourth-order valence-corrected chi connectivity index (χ4v) is 1.78. The average Bonchev–Trinajstić information content (AvgIpc) is 3.11. The van der Waals surface area contributed by atoms with Crippen molar-refractivity contribution in [1.82, 2.24) is 0 Å². The van der Waals surface area contributed by atoms with E-state index in [1.165, 1.54) is 12.8 Å². The van der Waals surface area contributed by atoms with E-state index in [4.69, 9.17) is 5.73 Å². The van der Waals surface area contributed by atoms with Gasteiger partial charge in [-0.25, -0.2) is 0 Å². The van der Waals surface area contributed by atoms with Crippen molar-refractivity contribution in [1.29, 1.82) is 0 Å². The molecule has 2 N–H and O–H groups in total. The van der Waals surface area contributed by atoms with E-state index in [1.54, 1.807) is 0 Å². The van der Waals surface area contributed by atoms with E-state index in [9.17, 15) is 4.79 Å². The van der Waals surface area contributed by atoms with Gasteiger partial charge < -0.3 is 10.6 Å². The molecule has 1 aromatic carbocycles. The number of nitrogens with zero attached hydrogens (tertiary/aromatic N) is 1. The quantitative estimate of drug-likeness (QED) is 0.818. The second-order valence-electron chi connectivity index (χ2n) is 4.32. The third kappa shape index (κ3) is 2.83. The summed E-state index contributed by atoms with van der Waals surface area (Å²) in [6.45, 7) is 1.27. The number of carbonyl (C=O) groups excluding carboxylic acids is 1. The first-order valence-corrected chi connectivity index (χ1v) is 5.86. The maximum absolute atomic E-state index is 12.0. The van der Waals surface area contributed by atoms with Gasteiger partial charge >= 0.3 is 0 Å². The van der Waals surface area contributed by atoms with Gasteiger partial charge in [0.15, 0.2) is 0 Å². The molecule has 1 aliphatic carbocycles. The number of hydrogen-bond acceptors (Lipinski definition) is 2. The van der Waals surface area contributed by atoms with Crippen LogP contribution in [-0.2, 0) is 4.79 Å². The van der Waals surface area contributed by atoms with E-state index in [0.717, 1.165) is 12.2 Å². The normalized spacial score (nSPS) is 14.8. The Morgan fingerprint density at radius 3 is 2.56 bits per heavy atom. The molecule has 1 amide bonds. The zero-order valence-electron chi connectivity index (χ0n) is 9.43. The van der Waals surface area contributed by atoms with Crippen molar-refractivity contribution in [3.8, 4) is 0 Å². The standard InChI is InChI=1S/C13H18N2O/c14-9-8-13(16)15(10-11-6-7-11)12-4-2-1-3-5-12/h1-5,11H,6-10,14H2. The van der Waals surface area contributed by atoms with E-state index < -0.39 is 0 Å². The molecule has 1 fully saturated rings. The molecular formula is C13H18N2O. The van der Waals surface area contributed by atoms with Crippen LogP contribution < -0.4 is 10.6 Å². The molecule has 86 valence electrons. The van der Waals surface area contributed by atoms with Gasteiger partial charge in [-0.3, -0.25) is 4.79 Å². The van der Waals surface area contributed by atoms with Crippen molar-refractivity contribution in [2.45, 2.75) is 19.3 Å². The van der Waals surface area contributed by atoms with Crippen LogP contribution in [0.5, 0.6) is 0 Å². The summed E-state index contributed by atoms with van der Waals surface area (Å²) < 4.78 is 0. The van der Waals surface area contributed by atoms with Gasteiger partial charge in [0.25, 0.3) is 0 Å². The molecule has 0 saturated heterocycles. The summed E-state index contributed by atoms with van der Waals surface area (Å²) in [6, 6.07) is 9.86. The third-order valence-corrected chi connectivity index (χ3v) is 2.86. The van der Waals surface area contributed by atoms with E-state index in [2.05, 4.69) is 0 Å². The highest BCUT2D eigenvalue weighted by Crippen LogP contribution is 2.31. The molecule has 3 nitrogen and oxygen atoms in total. The molecule has 16 heavy (non-hydrogen) atoms. The predicted octanol–water partition coefficient (Wildman–Crippen LogP) is 1.78. The van der Waals surface area contributed by atoms with Gasteiger partial charge in [0.2, 0.25) is 5.91 Å². The fraction of sp³-hybridized carbons (Fsp3) is 0.462. The molecule has 1 aliphatic rings. The Bertz CT molecular complexity index is 346. The maximum atomic E-state index is 12.0. The first kappa shape index (κ1) is 11.1. The van der Waals surface area contributed by atoms with Crippen molar-refractivity contribution in [3.05, 3.63) is 30.3 Å². The highest BCUT2D eigenvalue weighted by molar-refractivity contribution is 5.93. The second kappa shape index (κ2) is 5.12. The summed E-state index contributed by atoms with van der Waals surface area (Å²) in [5.41, 5.74) is 6.44. The van der Waals surface area contributed by atoms with E-state index in [1.807, 2.05) is 35.2 Å². The van der Waals surface area contributed by atoms with Crippen molar-refractivity contribution in [2.75, 3.05) is 18.0 Å². The number of carbonyl (C=O) groups is 1. The van der Waals surface area contributed by atoms with Gasteiger partial charge in [-0.05, 0) is 30.9 Å². The van der Waals surface area contributed by atoms with Crippen LogP contribution in [0.25, 0.3) is 0 Å². The van der Waals surface area contributed by atoms with Gasteiger partial charge in [0.1, 0.15) is 0 Å². The van der Waals surface area contributed by atoms with Crippen LogP contribution in [0, 0.1) is 5.92 Å². The number of para-hydroxylation sites is 1. The topological polar surface area (TPSA) is 46.3 Å². The van der Waals surface area contributed by atoms with E-state index in [-0.39, 0.29) is 5.91 Å². The minimum absolute atomic E-state index is 0.139. The van der Waals surface area contributed by atoms with Crippen LogP contribution in [0.1, 0.15) is 19.3 Å². The van der Waals surface area contributed by atoms with Crippen molar-refractivity contribution < 1.29 is 4.79 Å². The molecule has 0 heterocycles. The number of rotatable bonds is 5. The molecule has 0 aromatic heterocycles. The fourth-order valence-electron chi connectivity index (χ4n) is 1.78. The lowest BCUT2D eigenvalue weighted by molar-refractivity contribution is -0.118. The van der Waals surface area contributed by atoms with Crippen LogP contribution in [0.4, 0.5) is 5.69 Å². The van der Waals surface area contributed by atoms with Gasteiger partial charge in [-0.1, -0.05) is 18.2 Å². The van der Waals surface area contributed by atoms with E-state index >= 15 is 0 Å². The zero-order chi connectivity index (χ0) is 11.4. The zero-order valence-corrected chi connectivity index (χ0v) is 9.43. The Morgan fingerprint density at radius 2 is 2.00 bits per heavy atom. The molecule has 0 bridgehead atoms. The Kier molecular flexibility index (Phi) is 3.57.